The Kier molecular flexibility index (Phi) is 6.77. The minimum absolute atomic E-state index is 0.0783. The molecule has 0 unspecified atom stereocenters. The second-order valence-electron chi connectivity index (χ2n) is 9.11. The molecule has 5 aromatic rings. The number of aromatic nitrogens is 9. The number of nitrogen functional groups attached to an aromatic ring is 1. The Morgan fingerprint density at radius 2 is 1.98 bits per heavy atom. The molecular formula is C23H25F2N13O2. The third-order valence-corrected chi connectivity index (χ3v) is 6.52. The summed E-state index contributed by atoms with van der Waals surface area (Å²) >= 11 is 0. The molecule has 5 heterocycles. The molecule has 0 spiro atoms. The summed E-state index contributed by atoms with van der Waals surface area (Å²) in [6, 6.07) is 5.70. The average molecular weight is 554 g/mol. The lowest BCUT2D eigenvalue weighted by Gasteiger charge is -2.37. The number of hydrogen-bond donors (Lipinski definition) is 2. The van der Waals surface area contributed by atoms with Gasteiger partial charge in [-0.3, -0.25) is 4.90 Å². The van der Waals surface area contributed by atoms with Crippen LogP contribution in [0.3, 0.4) is 0 Å². The third kappa shape index (κ3) is 5.18. The van der Waals surface area contributed by atoms with E-state index in [2.05, 4.69) is 45.6 Å². The molecule has 0 aliphatic carbocycles. The predicted molar refractivity (Wildman–Crippen MR) is 137 cm³/mol. The maximum Gasteiger partial charge on any atom is 0.259 e. The van der Waals surface area contributed by atoms with Gasteiger partial charge in [0.2, 0.25) is 23.5 Å². The first-order chi connectivity index (χ1) is 19.4. The first-order valence-electron chi connectivity index (χ1n) is 12.4. The van der Waals surface area contributed by atoms with Crippen LogP contribution in [0.15, 0.2) is 34.9 Å². The van der Waals surface area contributed by atoms with Crippen molar-refractivity contribution in [3.05, 3.63) is 48.0 Å². The van der Waals surface area contributed by atoms with E-state index in [-0.39, 0.29) is 29.8 Å². The number of aromatic amines is 1. The number of furan rings is 1. The second-order valence-corrected chi connectivity index (χ2v) is 9.11. The summed E-state index contributed by atoms with van der Waals surface area (Å²) in [5, 5.41) is 17.6. The number of piperazine rings is 1. The molecule has 208 valence electrons. The van der Waals surface area contributed by atoms with Crippen molar-refractivity contribution in [3.63, 3.8) is 0 Å². The van der Waals surface area contributed by atoms with Gasteiger partial charge in [0.05, 0.1) is 12.0 Å². The van der Waals surface area contributed by atoms with Gasteiger partial charge < -0.3 is 24.7 Å². The number of likely N-dealkylation sites (N-methyl/N-ethyl adjacent to an activating group) is 1. The molecule has 0 radical (unpaired) electrons. The lowest BCUT2D eigenvalue weighted by atomic mass is 10.2. The molecule has 0 bridgehead atoms. The van der Waals surface area contributed by atoms with Crippen LogP contribution in [0.5, 0.6) is 5.75 Å². The summed E-state index contributed by atoms with van der Waals surface area (Å²) < 4.78 is 41.1. The SMILES string of the molecule is CN(CCN1CCN(c2cc(OCc3nn[nH]n3)c(F)cc2F)CC1)c1nc(N)n2nc(-c3ccco3)nc2n1. The van der Waals surface area contributed by atoms with Gasteiger partial charge in [0.25, 0.3) is 5.78 Å². The van der Waals surface area contributed by atoms with E-state index in [1.807, 2.05) is 16.8 Å². The Bertz CT molecular complexity index is 1580. The molecule has 3 N–H and O–H groups in total. The minimum atomic E-state index is -0.796. The Morgan fingerprint density at radius 3 is 2.73 bits per heavy atom. The van der Waals surface area contributed by atoms with Crippen molar-refractivity contribution in [1.29, 1.82) is 0 Å². The van der Waals surface area contributed by atoms with Crippen LogP contribution < -0.4 is 20.3 Å². The Hall–Kier alpha value is -4.93. The van der Waals surface area contributed by atoms with E-state index in [4.69, 9.17) is 14.9 Å². The zero-order chi connectivity index (χ0) is 27.6. The van der Waals surface area contributed by atoms with Crippen molar-refractivity contribution in [2.45, 2.75) is 6.61 Å². The molecule has 40 heavy (non-hydrogen) atoms. The number of anilines is 3. The van der Waals surface area contributed by atoms with Gasteiger partial charge in [-0.1, -0.05) is 5.21 Å². The van der Waals surface area contributed by atoms with Crippen LogP contribution in [-0.4, -0.2) is 96.4 Å². The Labute approximate surface area is 225 Å². The fourth-order valence-corrected chi connectivity index (χ4v) is 4.34. The van der Waals surface area contributed by atoms with Crippen LogP contribution in [0.2, 0.25) is 0 Å². The summed E-state index contributed by atoms with van der Waals surface area (Å²) in [5.41, 5.74) is 6.39. The highest BCUT2D eigenvalue weighted by atomic mass is 19.1. The largest absolute Gasteiger partial charge is 0.482 e. The number of nitrogens with two attached hydrogens (primary N) is 1. The monoisotopic (exact) mass is 553 g/mol. The molecule has 1 aliphatic heterocycles. The topological polar surface area (TPSA) is 169 Å². The number of fused-ring (bicyclic) bond motifs is 1. The van der Waals surface area contributed by atoms with Crippen LogP contribution in [0.1, 0.15) is 5.82 Å². The number of H-pyrrole nitrogens is 1. The van der Waals surface area contributed by atoms with Gasteiger partial charge in [-0.2, -0.15) is 24.7 Å². The highest BCUT2D eigenvalue weighted by molar-refractivity contribution is 5.54. The Morgan fingerprint density at radius 1 is 1.12 bits per heavy atom. The number of halogens is 2. The zero-order valence-electron chi connectivity index (χ0n) is 21.4. The molecule has 1 saturated heterocycles. The van der Waals surface area contributed by atoms with Crippen molar-refractivity contribution >= 4 is 23.4 Å². The number of nitrogens with zero attached hydrogens (tertiary/aromatic N) is 11. The van der Waals surface area contributed by atoms with Crippen LogP contribution in [0, 0.1) is 11.6 Å². The predicted octanol–water partition coefficient (Wildman–Crippen LogP) is 0.990. The van der Waals surface area contributed by atoms with Crippen molar-refractivity contribution in [1.82, 2.24) is 50.1 Å². The van der Waals surface area contributed by atoms with Gasteiger partial charge in [0.1, 0.15) is 5.82 Å². The molecule has 4 aromatic heterocycles. The molecule has 1 aromatic carbocycles. The summed E-state index contributed by atoms with van der Waals surface area (Å²) in [5.74, 6) is 0.511. The van der Waals surface area contributed by atoms with E-state index in [0.29, 0.717) is 62.6 Å². The molecule has 1 aliphatic rings. The third-order valence-electron chi connectivity index (χ3n) is 6.52. The van der Waals surface area contributed by atoms with Crippen LogP contribution in [0.25, 0.3) is 17.4 Å². The lowest BCUT2D eigenvalue weighted by molar-refractivity contribution is 0.261. The number of hydrogen-bond acceptors (Lipinski definition) is 13. The zero-order valence-corrected chi connectivity index (χ0v) is 21.4. The smallest absolute Gasteiger partial charge is 0.259 e. The highest BCUT2D eigenvalue weighted by Gasteiger charge is 2.23. The molecule has 15 nitrogen and oxygen atoms in total. The molecule has 6 rings (SSSR count). The summed E-state index contributed by atoms with van der Waals surface area (Å²) in [6.45, 7) is 3.72. The quantitative estimate of drug-likeness (QED) is 0.265. The van der Waals surface area contributed by atoms with E-state index in [0.717, 1.165) is 6.07 Å². The van der Waals surface area contributed by atoms with E-state index >= 15 is 0 Å². The molecule has 17 heteroatoms. The van der Waals surface area contributed by atoms with E-state index < -0.39 is 11.6 Å². The molecule has 0 saturated carbocycles. The number of benzene rings is 1. The fraction of sp³-hybridized carbons (Fsp3) is 0.348. The maximum absolute atomic E-state index is 14.7. The summed E-state index contributed by atoms with van der Waals surface area (Å²) in [6.07, 6.45) is 1.54. The van der Waals surface area contributed by atoms with Crippen molar-refractivity contribution < 1.29 is 17.9 Å². The number of nitrogens with one attached hydrogen (secondary N) is 1. The van der Waals surface area contributed by atoms with Gasteiger partial charge in [-0.15, -0.1) is 15.3 Å². The lowest BCUT2D eigenvalue weighted by Crippen LogP contribution is -2.48. The first kappa shape index (κ1) is 25.4. The van der Waals surface area contributed by atoms with Gasteiger partial charge in [0.15, 0.2) is 23.9 Å². The number of rotatable bonds is 9. The summed E-state index contributed by atoms with van der Waals surface area (Å²) in [7, 11) is 1.87. The number of ether oxygens (including phenoxy) is 1. The standard InChI is InChI=1S/C23H25F2N13O2/c1-35(22-28-21(26)38-23(29-22)27-20(32-38)17-3-2-10-39-17)4-5-36-6-8-37(9-7-36)16-12-18(15(25)11-14(16)24)40-13-19-30-33-34-31-19/h2-3,10-12H,4-9,13H2,1H3,(H,30,31,33,34)(H2,26,27,28,29,32). The van der Waals surface area contributed by atoms with E-state index in [1.165, 1.54) is 16.8 Å². The van der Waals surface area contributed by atoms with Crippen molar-refractivity contribution in [2.24, 2.45) is 0 Å². The number of tetrazole rings is 1. The minimum Gasteiger partial charge on any atom is -0.482 e. The van der Waals surface area contributed by atoms with Crippen LogP contribution >= 0.6 is 0 Å². The summed E-state index contributed by atoms with van der Waals surface area (Å²) in [4.78, 5) is 19.3. The molecule has 0 atom stereocenters. The van der Waals surface area contributed by atoms with Gasteiger partial charge in [0, 0.05) is 58.4 Å². The van der Waals surface area contributed by atoms with Gasteiger partial charge in [-0.05, 0) is 12.1 Å². The van der Waals surface area contributed by atoms with E-state index in [9.17, 15) is 8.78 Å². The second kappa shape index (κ2) is 10.7. The van der Waals surface area contributed by atoms with Crippen molar-refractivity contribution in [3.8, 4) is 17.3 Å². The van der Waals surface area contributed by atoms with Gasteiger partial charge in [-0.25, -0.2) is 8.78 Å². The Balaban J connectivity index is 1.05. The highest BCUT2D eigenvalue weighted by Crippen LogP contribution is 2.29. The fourth-order valence-electron chi connectivity index (χ4n) is 4.34. The average Bonchev–Trinajstić information content (AvgIpc) is 3.74. The van der Waals surface area contributed by atoms with Gasteiger partial charge >= 0.3 is 0 Å². The van der Waals surface area contributed by atoms with Crippen LogP contribution in [-0.2, 0) is 6.61 Å². The molecular weight excluding hydrogens is 528 g/mol. The molecule has 1 fully saturated rings. The van der Waals surface area contributed by atoms with Crippen molar-refractivity contribution in [2.75, 3.05) is 61.8 Å². The van der Waals surface area contributed by atoms with E-state index in [1.54, 1.807) is 12.1 Å². The van der Waals surface area contributed by atoms with Crippen LogP contribution in [0.4, 0.5) is 26.4 Å². The first-order valence-corrected chi connectivity index (χ1v) is 12.4. The maximum atomic E-state index is 14.7. The molecule has 0 amide bonds. The normalized spacial score (nSPS) is 14.2.